The molecule has 3 atom stereocenters. The number of ether oxygens (including phenoxy) is 1. The summed E-state index contributed by atoms with van der Waals surface area (Å²) in [6.45, 7) is 0. The Morgan fingerprint density at radius 2 is 1.73 bits per heavy atom. The summed E-state index contributed by atoms with van der Waals surface area (Å²) in [4.78, 5) is 10.5. The largest absolute Gasteiger partial charge is 0.631 e. The monoisotopic (exact) mass is 254 g/mol. The molecule has 1 rings (SSSR count). The molecular weight excluding hydrogens is 247 g/mol. The zero-order valence-corrected chi connectivity index (χ0v) is 11.1. The third-order valence-electron chi connectivity index (χ3n) is 1.94. The van der Waals surface area contributed by atoms with E-state index in [0.29, 0.717) is 0 Å². The van der Waals surface area contributed by atoms with E-state index >= 15 is 0 Å². The van der Waals surface area contributed by atoms with Crippen molar-refractivity contribution in [1.82, 2.24) is 0 Å². The summed E-state index contributed by atoms with van der Waals surface area (Å²) in [5, 5.41) is 21.5. The van der Waals surface area contributed by atoms with Crippen LogP contribution < -0.4 is 0 Å². The molecule has 3 N–H and O–H groups in total. The first kappa shape index (κ1) is 15.8. The van der Waals surface area contributed by atoms with Crippen LogP contribution in [0.25, 0.3) is 0 Å². The van der Waals surface area contributed by atoms with Gasteiger partial charge in [0.1, 0.15) is 0 Å². The fraction of sp³-hybridized carbons (Fsp3) is 0.800. The van der Waals surface area contributed by atoms with Crippen molar-refractivity contribution in [3.8, 4) is 0 Å². The molecule has 0 aliphatic heterocycles. The first-order valence-corrected chi connectivity index (χ1v) is 5.33. The van der Waals surface area contributed by atoms with Crippen LogP contribution in [-0.4, -0.2) is 96.0 Å². The topological polar surface area (TPSA) is 87.0 Å². The number of hydrogen-bond donors (Lipinski definition) is 3. The van der Waals surface area contributed by atoms with Gasteiger partial charge < -0.3 is 15.1 Å². The summed E-state index contributed by atoms with van der Waals surface area (Å²) in [5.41, 5.74) is -3.00. The number of rotatable bonds is 1. The van der Waals surface area contributed by atoms with Gasteiger partial charge in [-0.15, -0.1) is 0 Å². The number of alkyl halides is 3. The van der Waals surface area contributed by atoms with Crippen LogP contribution in [0.1, 0.15) is 0 Å². The fourth-order valence-electron chi connectivity index (χ4n) is 0.944. The predicted octanol–water partition coefficient (Wildman–Crippen LogP) is -2.00. The van der Waals surface area contributed by atoms with Gasteiger partial charge in [-0.3, -0.25) is 0 Å². The number of carbonyl (C=O) groups is 1. The average Bonchev–Trinajstić information content (AvgIpc) is 2.49. The first-order valence-electron chi connectivity index (χ1n) is 3.76. The molecule has 0 aromatic rings. The molecule has 0 aromatic carbocycles. The molecule has 5 nitrogen and oxygen atoms in total. The maximum Gasteiger partial charge on any atom is 0.631 e. The Labute approximate surface area is 117 Å². The fourth-order valence-corrected chi connectivity index (χ4v) is 2.05. The summed E-state index contributed by atoms with van der Waals surface area (Å²) in [7, 11) is -1.27. The second kappa shape index (κ2) is 5.45. The van der Waals surface area contributed by atoms with E-state index in [1.54, 1.807) is 0 Å². The van der Waals surface area contributed by atoms with Crippen molar-refractivity contribution in [2.75, 3.05) is 7.11 Å². The molecule has 1 fully saturated rings. The molecule has 1 aliphatic carbocycles. The third-order valence-corrected chi connectivity index (χ3v) is 3.86. The van der Waals surface area contributed by atoms with Crippen molar-refractivity contribution in [3.05, 3.63) is 0 Å². The molecule has 0 amide bonds. The van der Waals surface area contributed by atoms with Crippen molar-refractivity contribution < 1.29 is 37.8 Å². The molecule has 0 spiro atoms. The molecule has 10 heteroatoms. The molecule has 1 aliphatic rings. The minimum absolute atomic E-state index is 0.720. The van der Waals surface area contributed by atoms with Gasteiger partial charge in [0.15, 0.2) is 0 Å². The summed E-state index contributed by atoms with van der Waals surface area (Å²) < 4.78 is 39.4. The second-order valence-corrected chi connectivity index (χ2v) is 5.26. The molecule has 0 heterocycles. The molecule has 82 valence electrons. The Hall–Kier alpha value is 0.841. The van der Waals surface area contributed by atoms with Gasteiger partial charge in [-0.25, -0.2) is 0 Å². The van der Waals surface area contributed by atoms with Crippen molar-refractivity contribution in [2.45, 2.75) is 11.6 Å². The van der Waals surface area contributed by atoms with Gasteiger partial charge in [0.05, 0.1) is 0 Å². The molecule has 15 heavy (non-hydrogen) atoms. The number of esters is 1. The predicted molar refractivity (Wildman–Crippen MR) is 42.8 cm³/mol. The Balaban J connectivity index is 0.000000423. The van der Waals surface area contributed by atoms with Gasteiger partial charge in [0.2, 0.25) is 0 Å². The van der Waals surface area contributed by atoms with Crippen LogP contribution in [0.3, 0.4) is 0 Å². The second-order valence-electron chi connectivity index (χ2n) is 2.99. The zero-order chi connectivity index (χ0) is 12.4. The van der Waals surface area contributed by atoms with Crippen molar-refractivity contribution in [1.29, 1.82) is 0 Å². The molecule has 0 radical (unpaired) electrons. The van der Waals surface area contributed by atoms with Gasteiger partial charge in [-0.1, -0.05) is 0 Å². The van der Waals surface area contributed by atoms with Gasteiger partial charge in [-0.2, -0.15) is 0 Å². The maximum atomic E-state index is 12.9. The van der Waals surface area contributed by atoms with Gasteiger partial charge in [-0.05, 0) is 0 Å². The molecule has 1 unspecified atom stereocenters. The smallest absolute Gasteiger partial charge is 0.402 e. The van der Waals surface area contributed by atoms with Crippen LogP contribution in [0.2, 0.25) is 0 Å². The van der Waals surface area contributed by atoms with E-state index < -0.39 is 73.8 Å². The van der Waals surface area contributed by atoms with Crippen molar-refractivity contribution >= 4 is 62.2 Å². The van der Waals surface area contributed by atoms with Crippen LogP contribution in [0.5, 0.6) is 0 Å². The first-order chi connectivity index (χ1) is 6.62. The van der Waals surface area contributed by atoms with Gasteiger partial charge >= 0.3 is 104 Å². The number of methoxy groups -OCH3 is 1. The van der Waals surface area contributed by atoms with Crippen LogP contribution in [-0.2, 0) is 9.53 Å². The van der Waals surface area contributed by atoms with Gasteiger partial charge in [0, 0.05) is 0 Å². The SMILES string of the molecule is COC(=O)[C@]1(F)C(F)[C@]1(F)[K].OB(O)O. The molecule has 1 saturated carbocycles. The van der Waals surface area contributed by atoms with E-state index in [1.165, 1.54) is 0 Å². The molecule has 0 saturated heterocycles. The minimum Gasteiger partial charge on any atom is -0.402 e. The number of hydrogen-bond acceptors (Lipinski definition) is 5. The minimum atomic E-state index is -3.00. The summed E-state index contributed by atoms with van der Waals surface area (Å²) >= 11 is -0.720. The number of carbonyl (C=O) groups excluding carboxylic acids is 1. The van der Waals surface area contributed by atoms with E-state index in [9.17, 15) is 18.0 Å². The molecule has 0 aromatic heterocycles. The third kappa shape index (κ3) is 3.16. The van der Waals surface area contributed by atoms with Crippen molar-refractivity contribution in [3.63, 3.8) is 0 Å². The van der Waals surface area contributed by atoms with Crippen LogP contribution in [0, 0.1) is 0 Å². The van der Waals surface area contributed by atoms with E-state index in [-0.39, 0.29) is 0 Å². The summed E-state index contributed by atoms with van der Waals surface area (Å²) in [5.74, 6) is -1.44. The molecule has 0 bridgehead atoms. The number of halogens is 3. The van der Waals surface area contributed by atoms with Crippen LogP contribution >= 0.6 is 0 Å². The van der Waals surface area contributed by atoms with Gasteiger partial charge in [0.25, 0.3) is 0 Å². The summed E-state index contributed by atoms with van der Waals surface area (Å²) in [6, 6.07) is 0. The van der Waals surface area contributed by atoms with E-state index in [1.807, 2.05) is 0 Å². The summed E-state index contributed by atoms with van der Waals surface area (Å²) in [6.07, 6.45) is -2.32. The standard InChI is InChI=1S/C5H4F3O2.BH3O3.K/c1-10-4(9)5(8)2(6)3(5)7;2-1(3)4;/h2H,1H3;2-4H;/t2?,5-;;/m0../s1. The Kier molecular flexibility index (Phi) is 5.76. The van der Waals surface area contributed by atoms with E-state index in [0.717, 1.165) is 7.11 Å². The normalized spacial score (nSPS) is 37.5. The quantitative estimate of drug-likeness (QED) is 0.372. The molecular formula is C5H7BF3KO5. The maximum absolute atomic E-state index is 12.9. The van der Waals surface area contributed by atoms with E-state index in [4.69, 9.17) is 15.1 Å². The Morgan fingerprint density at radius 3 is 1.80 bits per heavy atom. The van der Waals surface area contributed by atoms with Crippen molar-refractivity contribution in [2.24, 2.45) is 0 Å². The zero-order valence-electron chi connectivity index (χ0n) is 7.95. The van der Waals surface area contributed by atoms with E-state index in [2.05, 4.69) is 4.74 Å². The Bertz CT molecular complexity index is 250. The van der Waals surface area contributed by atoms with Crippen LogP contribution in [0.4, 0.5) is 13.2 Å². The van der Waals surface area contributed by atoms with Crippen LogP contribution in [0.15, 0.2) is 0 Å². The Morgan fingerprint density at radius 1 is 1.47 bits per heavy atom. The average molecular weight is 254 g/mol.